The molecule has 0 atom stereocenters. The molecule has 0 bridgehead atoms. The third kappa shape index (κ3) is 3.40. The van der Waals surface area contributed by atoms with E-state index in [4.69, 9.17) is 19.9 Å². The van der Waals surface area contributed by atoms with E-state index >= 15 is 0 Å². The zero-order valence-corrected chi connectivity index (χ0v) is 15.0. The van der Waals surface area contributed by atoms with E-state index in [9.17, 15) is 14.7 Å². The Balaban J connectivity index is 1.87. The van der Waals surface area contributed by atoms with Gasteiger partial charge in [0.1, 0.15) is 5.60 Å². The summed E-state index contributed by atoms with van der Waals surface area (Å²) in [5, 5.41) is 9.38. The van der Waals surface area contributed by atoms with Crippen molar-refractivity contribution in [1.82, 2.24) is 4.90 Å². The Morgan fingerprint density at radius 2 is 1.96 bits per heavy atom. The number of hydrogen-bond donors (Lipinski definition) is 2. The molecule has 0 aliphatic carbocycles. The van der Waals surface area contributed by atoms with Crippen molar-refractivity contribution in [3.05, 3.63) is 23.3 Å². The number of carbonyl (C=O) groups is 2. The van der Waals surface area contributed by atoms with Gasteiger partial charge in [0, 0.05) is 18.7 Å². The highest BCUT2D eigenvalue weighted by atomic mass is 16.7. The second kappa shape index (κ2) is 6.44. The van der Waals surface area contributed by atoms with Crippen molar-refractivity contribution in [1.29, 1.82) is 0 Å². The molecular weight excluding hydrogens is 340 g/mol. The van der Waals surface area contributed by atoms with Crippen LogP contribution in [0.2, 0.25) is 0 Å². The molecule has 3 N–H and O–H groups in total. The Hall–Kier alpha value is -2.90. The first-order valence-corrected chi connectivity index (χ1v) is 8.30. The molecule has 8 heteroatoms. The number of rotatable bonds is 2. The van der Waals surface area contributed by atoms with Crippen molar-refractivity contribution >= 4 is 23.3 Å². The summed E-state index contributed by atoms with van der Waals surface area (Å²) in [5.74, 6) is -0.423. The molecular formula is C18H22N2O6. The Morgan fingerprint density at radius 1 is 1.27 bits per heavy atom. The van der Waals surface area contributed by atoms with Gasteiger partial charge in [-0.3, -0.25) is 0 Å². The van der Waals surface area contributed by atoms with Crippen LogP contribution >= 0.6 is 0 Å². The van der Waals surface area contributed by atoms with E-state index in [-0.39, 0.29) is 29.9 Å². The van der Waals surface area contributed by atoms with Gasteiger partial charge in [-0.2, -0.15) is 0 Å². The van der Waals surface area contributed by atoms with Gasteiger partial charge < -0.3 is 30.0 Å². The number of fused-ring (bicyclic) bond motifs is 1. The lowest BCUT2D eigenvalue weighted by atomic mass is 9.95. The van der Waals surface area contributed by atoms with Crippen LogP contribution in [0, 0.1) is 0 Å². The van der Waals surface area contributed by atoms with Gasteiger partial charge in [-0.05, 0) is 38.8 Å². The van der Waals surface area contributed by atoms with E-state index in [1.165, 1.54) is 6.07 Å². The van der Waals surface area contributed by atoms with Gasteiger partial charge in [-0.25, -0.2) is 9.59 Å². The fraction of sp³-hybridized carbons (Fsp3) is 0.444. The minimum Gasteiger partial charge on any atom is -0.478 e. The summed E-state index contributed by atoms with van der Waals surface area (Å²) < 4.78 is 16.2. The second-order valence-corrected chi connectivity index (χ2v) is 7.16. The van der Waals surface area contributed by atoms with E-state index in [1.54, 1.807) is 4.90 Å². The van der Waals surface area contributed by atoms with Gasteiger partial charge in [0.2, 0.25) is 6.79 Å². The van der Waals surface area contributed by atoms with Crippen LogP contribution in [-0.4, -0.2) is 47.6 Å². The Morgan fingerprint density at radius 3 is 2.54 bits per heavy atom. The topological polar surface area (TPSA) is 111 Å². The molecule has 0 aromatic heterocycles. The first-order valence-electron chi connectivity index (χ1n) is 8.30. The molecule has 1 aromatic carbocycles. The van der Waals surface area contributed by atoms with Crippen LogP contribution in [0.1, 0.15) is 43.1 Å². The van der Waals surface area contributed by atoms with Crippen molar-refractivity contribution in [2.45, 2.75) is 32.8 Å². The minimum absolute atomic E-state index is 0.00702. The molecule has 2 aliphatic rings. The molecule has 1 aromatic rings. The molecule has 3 rings (SSSR count). The zero-order valence-electron chi connectivity index (χ0n) is 15.0. The summed E-state index contributed by atoms with van der Waals surface area (Å²) in [6, 6.07) is 1.50. The van der Waals surface area contributed by atoms with Gasteiger partial charge in [0.15, 0.2) is 11.5 Å². The Kier molecular flexibility index (Phi) is 4.43. The van der Waals surface area contributed by atoms with E-state index in [1.807, 2.05) is 26.8 Å². The molecule has 0 fully saturated rings. The molecule has 8 nitrogen and oxygen atoms in total. The standard InChI is InChI=1S/C18H22N2O6/c1-18(2,3)26-17(23)20-6-4-10(5-7-20)11-8-12(16(21)22)13(19)15-14(11)24-9-25-15/h4,8H,5-7,9,19H2,1-3H3,(H,21,22). The van der Waals surface area contributed by atoms with Crippen LogP contribution in [0.25, 0.3) is 5.57 Å². The highest BCUT2D eigenvalue weighted by molar-refractivity contribution is 5.98. The number of anilines is 1. The SMILES string of the molecule is CC(C)(C)OC(=O)N1CC=C(c2cc(C(=O)O)c(N)c3c2OCO3)CC1. The summed E-state index contributed by atoms with van der Waals surface area (Å²) in [7, 11) is 0. The van der Waals surface area contributed by atoms with Crippen molar-refractivity contribution in [2.75, 3.05) is 25.6 Å². The molecule has 1 amide bonds. The normalized spacial score (nSPS) is 16.3. The third-order valence-electron chi connectivity index (χ3n) is 4.12. The highest BCUT2D eigenvalue weighted by Gasteiger charge is 2.30. The van der Waals surface area contributed by atoms with Gasteiger partial charge in [0.25, 0.3) is 0 Å². The Bertz CT molecular complexity index is 794. The number of nitrogens with two attached hydrogens (primary N) is 1. The molecule has 2 heterocycles. The largest absolute Gasteiger partial charge is 0.478 e. The fourth-order valence-corrected chi connectivity index (χ4v) is 2.91. The number of hydrogen-bond acceptors (Lipinski definition) is 6. The zero-order chi connectivity index (χ0) is 19.1. The predicted octanol–water partition coefficient (Wildman–Crippen LogP) is 2.72. The maximum atomic E-state index is 12.2. The van der Waals surface area contributed by atoms with Crippen molar-refractivity contribution in [3.63, 3.8) is 0 Å². The molecule has 0 radical (unpaired) electrons. The van der Waals surface area contributed by atoms with Crippen molar-refractivity contribution < 1.29 is 28.9 Å². The van der Waals surface area contributed by atoms with E-state index in [2.05, 4.69) is 0 Å². The first kappa shape index (κ1) is 17.9. The summed E-state index contributed by atoms with van der Waals surface area (Å²) in [6.45, 7) is 6.28. The van der Waals surface area contributed by atoms with Gasteiger partial charge >= 0.3 is 12.1 Å². The number of carboxylic acid groups (broad SMARTS) is 1. The van der Waals surface area contributed by atoms with Crippen LogP contribution in [0.4, 0.5) is 10.5 Å². The quantitative estimate of drug-likeness (QED) is 0.778. The molecule has 0 unspecified atom stereocenters. The number of carboxylic acids is 1. The number of ether oxygens (including phenoxy) is 3. The van der Waals surface area contributed by atoms with Crippen LogP contribution in [-0.2, 0) is 4.74 Å². The number of amides is 1. The lowest BCUT2D eigenvalue weighted by molar-refractivity contribution is 0.0270. The summed E-state index contributed by atoms with van der Waals surface area (Å²) in [5.41, 5.74) is 6.87. The van der Waals surface area contributed by atoms with Crippen molar-refractivity contribution in [3.8, 4) is 11.5 Å². The monoisotopic (exact) mass is 362 g/mol. The van der Waals surface area contributed by atoms with Crippen LogP contribution in [0.15, 0.2) is 12.1 Å². The molecule has 26 heavy (non-hydrogen) atoms. The smallest absolute Gasteiger partial charge is 0.410 e. The summed E-state index contributed by atoms with van der Waals surface area (Å²) in [4.78, 5) is 25.2. The van der Waals surface area contributed by atoms with Crippen LogP contribution in [0.3, 0.4) is 0 Å². The molecule has 2 aliphatic heterocycles. The first-order chi connectivity index (χ1) is 12.2. The number of nitrogens with zero attached hydrogens (tertiary/aromatic N) is 1. The maximum Gasteiger partial charge on any atom is 0.410 e. The van der Waals surface area contributed by atoms with Crippen LogP contribution in [0.5, 0.6) is 11.5 Å². The number of aromatic carboxylic acids is 1. The fourth-order valence-electron chi connectivity index (χ4n) is 2.91. The lowest BCUT2D eigenvalue weighted by Crippen LogP contribution is -2.39. The average molecular weight is 362 g/mol. The second-order valence-electron chi connectivity index (χ2n) is 7.16. The molecule has 140 valence electrons. The minimum atomic E-state index is -1.13. The van der Waals surface area contributed by atoms with Crippen molar-refractivity contribution in [2.24, 2.45) is 0 Å². The van der Waals surface area contributed by atoms with E-state index in [0.717, 1.165) is 5.57 Å². The summed E-state index contributed by atoms with van der Waals surface area (Å²) in [6.07, 6.45) is 2.03. The molecule has 0 saturated carbocycles. The van der Waals surface area contributed by atoms with Gasteiger partial charge in [-0.15, -0.1) is 0 Å². The predicted molar refractivity (Wildman–Crippen MR) is 94.3 cm³/mol. The van der Waals surface area contributed by atoms with E-state index < -0.39 is 11.6 Å². The average Bonchev–Trinajstić information content (AvgIpc) is 3.04. The number of benzene rings is 1. The number of nitrogen functional groups attached to an aromatic ring is 1. The van der Waals surface area contributed by atoms with Gasteiger partial charge in [0.05, 0.1) is 11.3 Å². The lowest BCUT2D eigenvalue weighted by Gasteiger charge is -2.30. The molecule has 0 saturated heterocycles. The highest BCUT2D eigenvalue weighted by Crippen LogP contribution is 2.46. The van der Waals surface area contributed by atoms with Gasteiger partial charge in [-0.1, -0.05) is 6.08 Å². The maximum absolute atomic E-state index is 12.2. The van der Waals surface area contributed by atoms with E-state index in [0.29, 0.717) is 30.8 Å². The summed E-state index contributed by atoms with van der Waals surface area (Å²) >= 11 is 0. The third-order valence-corrected chi connectivity index (χ3v) is 4.12. The Labute approximate surface area is 151 Å². The van der Waals surface area contributed by atoms with Crippen LogP contribution < -0.4 is 15.2 Å². The molecule has 0 spiro atoms. The number of carbonyl (C=O) groups excluding carboxylic acids is 1.